The second-order valence-electron chi connectivity index (χ2n) is 2.59. The van der Waals surface area contributed by atoms with Crippen LogP contribution in [0.3, 0.4) is 0 Å². The molecule has 2 N–H and O–H groups in total. The van der Waals surface area contributed by atoms with Crippen molar-refractivity contribution in [2.45, 2.75) is 6.42 Å². The van der Waals surface area contributed by atoms with Crippen LogP contribution < -0.4 is 0 Å². The van der Waals surface area contributed by atoms with Gasteiger partial charge in [-0.2, -0.15) is 0 Å². The third-order valence-electron chi connectivity index (χ3n) is 1.66. The van der Waals surface area contributed by atoms with Crippen molar-refractivity contribution < 1.29 is 10.3 Å². The third kappa shape index (κ3) is 2.33. The molecule has 0 fully saturated rings. The summed E-state index contributed by atoms with van der Waals surface area (Å²) >= 11 is 0. The van der Waals surface area contributed by atoms with Crippen molar-refractivity contribution >= 4 is 5.71 Å². The Morgan fingerprint density at radius 3 is 2.46 bits per heavy atom. The molecule has 0 spiro atoms. The van der Waals surface area contributed by atoms with Gasteiger partial charge in [-0.25, -0.2) is 0 Å². The number of aromatic hydroxyl groups is 1. The van der Waals surface area contributed by atoms with Crippen molar-refractivity contribution in [3.05, 3.63) is 42.5 Å². The van der Waals surface area contributed by atoms with E-state index in [1.54, 1.807) is 30.3 Å². The lowest BCUT2D eigenvalue weighted by Gasteiger charge is -2.00. The second kappa shape index (κ2) is 4.30. The van der Waals surface area contributed by atoms with Gasteiger partial charge in [0.05, 0.1) is 5.71 Å². The molecule has 13 heavy (non-hydrogen) atoms. The van der Waals surface area contributed by atoms with Gasteiger partial charge in [0.15, 0.2) is 0 Å². The molecule has 0 atom stereocenters. The third-order valence-corrected chi connectivity index (χ3v) is 1.66. The van der Waals surface area contributed by atoms with Gasteiger partial charge in [-0.3, -0.25) is 0 Å². The fourth-order valence-electron chi connectivity index (χ4n) is 1.01. The summed E-state index contributed by atoms with van der Waals surface area (Å²) in [6.45, 7) is 3.55. The number of rotatable bonds is 3. The summed E-state index contributed by atoms with van der Waals surface area (Å²) in [5.41, 5.74) is 1.32. The first-order valence-corrected chi connectivity index (χ1v) is 3.89. The number of phenolic OH excluding ortho intramolecular Hbond substituents is 1. The molecule has 0 aliphatic carbocycles. The Morgan fingerprint density at radius 2 is 2.00 bits per heavy atom. The fraction of sp³-hybridized carbons (Fsp3) is 0.100. The molecular formula is C10H11NO2. The van der Waals surface area contributed by atoms with Crippen LogP contribution in [0.1, 0.15) is 12.0 Å². The molecule has 0 saturated heterocycles. The fourth-order valence-corrected chi connectivity index (χ4v) is 1.01. The van der Waals surface area contributed by atoms with E-state index in [1.165, 1.54) is 0 Å². The van der Waals surface area contributed by atoms with Crippen LogP contribution in [-0.2, 0) is 0 Å². The molecule has 1 aromatic carbocycles. The van der Waals surface area contributed by atoms with Gasteiger partial charge in [0.2, 0.25) is 0 Å². The molecule has 0 aliphatic heterocycles. The molecule has 3 nitrogen and oxygen atoms in total. The summed E-state index contributed by atoms with van der Waals surface area (Å²) < 4.78 is 0. The van der Waals surface area contributed by atoms with E-state index in [4.69, 9.17) is 10.3 Å². The number of allylic oxidation sites excluding steroid dienone is 1. The quantitative estimate of drug-likeness (QED) is 0.321. The van der Waals surface area contributed by atoms with Crippen molar-refractivity contribution in [2.24, 2.45) is 5.16 Å². The lowest BCUT2D eigenvalue weighted by molar-refractivity contribution is 0.318. The first-order valence-electron chi connectivity index (χ1n) is 3.89. The maximum absolute atomic E-state index is 9.02. The van der Waals surface area contributed by atoms with Crippen LogP contribution in [0.4, 0.5) is 0 Å². The minimum absolute atomic E-state index is 0.194. The van der Waals surface area contributed by atoms with Crippen LogP contribution in [0.2, 0.25) is 0 Å². The monoisotopic (exact) mass is 177 g/mol. The molecule has 0 aromatic heterocycles. The summed E-state index contributed by atoms with van der Waals surface area (Å²) in [6.07, 6.45) is 2.16. The predicted molar refractivity (Wildman–Crippen MR) is 51.2 cm³/mol. The van der Waals surface area contributed by atoms with Crippen LogP contribution in [0.25, 0.3) is 0 Å². The van der Waals surface area contributed by atoms with Gasteiger partial charge in [0.1, 0.15) is 5.75 Å². The van der Waals surface area contributed by atoms with Crippen molar-refractivity contribution in [1.82, 2.24) is 0 Å². The summed E-state index contributed by atoms with van der Waals surface area (Å²) in [7, 11) is 0. The summed E-state index contributed by atoms with van der Waals surface area (Å²) in [5.74, 6) is 0.194. The van der Waals surface area contributed by atoms with Crippen molar-refractivity contribution in [3.63, 3.8) is 0 Å². The van der Waals surface area contributed by atoms with Crippen LogP contribution in [-0.4, -0.2) is 16.0 Å². The molecule has 0 heterocycles. The Bertz CT molecular complexity index is 314. The predicted octanol–water partition coefficient (Wildman–Crippen LogP) is 2.15. The molecule has 0 aliphatic rings. The van der Waals surface area contributed by atoms with Crippen LogP contribution in [0, 0.1) is 0 Å². The zero-order valence-corrected chi connectivity index (χ0v) is 7.14. The van der Waals surface area contributed by atoms with Crippen LogP contribution in [0.5, 0.6) is 5.75 Å². The topological polar surface area (TPSA) is 52.8 Å². The Kier molecular flexibility index (Phi) is 3.09. The van der Waals surface area contributed by atoms with E-state index in [2.05, 4.69) is 11.7 Å². The Morgan fingerprint density at radius 1 is 1.38 bits per heavy atom. The largest absolute Gasteiger partial charge is 0.508 e. The van der Waals surface area contributed by atoms with Crippen molar-refractivity contribution in [2.75, 3.05) is 0 Å². The highest BCUT2D eigenvalue weighted by molar-refractivity contribution is 6.01. The smallest absolute Gasteiger partial charge is 0.115 e. The summed E-state index contributed by atoms with van der Waals surface area (Å²) in [6, 6.07) is 6.47. The molecule has 0 unspecified atom stereocenters. The van der Waals surface area contributed by atoms with Crippen molar-refractivity contribution in [1.29, 1.82) is 0 Å². The molecule has 1 aromatic rings. The Hall–Kier alpha value is -1.77. The van der Waals surface area contributed by atoms with E-state index < -0.39 is 0 Å². The maximum atomic E-state index is 9.02. The van der Waals surface area contributed by atoms with E-state index in [-0.39, 0.29) is 5.75 Å². The zero-order chi connectivity index (χ0) is 9.68. The SMILES string of the molecule is C=CC/C(=N/O)c1ccc(O)cc1. The number of hydrogen-bond acceptors (Lipinski definition) is 3. The van der Waals surface area contributed by atoms with E-state index in [1.807, 2.05) is 0 Å². The normalized spacial score (nSPS) is 11.2. The lowest BCUT2D eigenvalue weighted by atomic mass is 10.1. The van der Waals surface area contributed by atoms with Crippen LogP contribution in [0.15, 0.2) is 42.1 Å². The summed E-state index contributed by atoms with van der Waals surface area (Å²) in [4.78, 5) is 0. The number of hydrogen-bond donors (Lipinski definition) is 2. The number of benzene rings is 1. The van der Waals surface area contributed by atoms with Gasteiger partial charge < -0.3 is 10.3 Å². The van der Waals surface area contributed by atoms with Gasteiger partial charge in [-0.05, 0) is 29.8 Å². The van der Waals surface area contributed by atoms with Gasteiger partial charge in [-0.1, -0.05) is 11.2 Å². The first kappa shape index (κ1) is 9.32. The highest BCUT2D eigenvalue weighted by Crippen LogP contribution is 2.11. The van der Waals surface area contributed by atoms with Crippen LogP contribution >= 0.6 is 0 Å². The average Bonchev–Trinajstić information content (AvgIpc) is 2.16. The lowest BCUT2D eigenvalue weighted by Crippen LogP contribution is -1.98. The molecule has 68 valence electrons. The van der Waals surface area contributed by atoms with E-state index >= 15 is 0 Å². The van der Waals surface area contributed by atoms with Gasteiger partial charge in [0, 0.05) is 6.42 Å². The molecule has 1 rings (SSSR count). The second-order valence-corrected chi connectivity index (χ2v) is 2.59. The molecule has 0 saturated carbocycles. The molecule has 3 heteroatoms. The van der Waals surface area contributed by atoms with Crippen molar-refractivity contribution in [3.8, 4) is 5.75 Å². The van der Waals surface area contributed by atoms with E-state index in [0.29, 0.717) is 12.1 Å². The number of nitrogens with zero attached hydrogens (tertiary/aromatic N) is 1. The van der Waals surface area contributed by atoms with E-state index in [9.17, 15) is 0 Å². The average molecular weight is 177 g/mol. The Balaban J connectivity index is 2.92. The Labute approximate surface area is 76.6 Å². The van der Waals surface area contributed by atoms with Gasteiger partial charge in [-0.15, -0.1) is 6.58 Å². The standard InChI is InChI=1S/C10H11NO2/c1-2-3-10(11-13)8-4-6-9(12)7-5-8/h2,4-7,12-13H,1,3H2/b11-10-. The van der Waals surface area contributed by atoms with Gasteiger partial charge >= 0.3 is 0 Å². The molecule has 0 bridgehead atoms. The molecule has 0 amide bonds. The highest BCUT2D eigenvalue weighted by Gasteiger charge is 2.01. The zero-order valence-electron chi connectivity index (χ0n) is 7.14. The van der Waals surface area contributed by atoms with Gasteiger partial charge in [0.25, 0.3) is 0 Å². The first-order chi connectivity index (χ1) is 6.27. The molecular weight excluding hydrogens is 166 g/mol. The molecule has 0 radical (unpaired) electrons. The number of phenols is 1. The maximum Gasteiger partial charge on any atom is 0.115 e. The van der Waals surface area contributed by atoms with E-state index in [0.717, 1.165) is 5.56 Å². The summed E-state index contributed by atoms with van der Waals surface area (Å²) in [5, 5.41) is 20.8. The minimum atomic E-state index is 0.194. The number of oxime groups is 1. The minimum Gasteiger partial charge on any atom is -0.508 e. The highest BCUT2D eigenvalue weighted by atomic mass is 16.4.